The van der Waals surface area contributed by atoms with E-state index in [9.17, 15) is 9.59 Å². The van der Waals surface area contributed by atoms with E-state index in [0.29, 0.717) is 19.4 Å². The second-order valence-corrected chi connectivity index (χ2v) is 3.24. The first-order valence-corrected chi connectivity index (χ1v) is 4.62. The third kappa shape index (κ3) is 3.03. The zero-order valence-electron chi connectivity index (χ0n) is 8.26. The molecular formula is C9H14N2O4. The lowest BCUT2D eigenvalue weighted by atomic mass is 10.2. The molecule has 6 heteroatoms. The van der Waals surface area contributed by atoms with Crippen molar-refractivity contribution in [2.75, 3.05) is 13.2 Å². The van der Waals surface area contributed by atoms with Gasteiger partial charge in [-0.15, -0.1) is 6.58 Å². The summed E-state index contributed by atoms with van der Waals surface area (Å²) in [6.45, 7) is 4.11. The molecule has 1 rings (SSSR count). The molecule has 1 aliphatic heterocycles. The van der Waals surface area contributed by atoms with Crippen LogP contribution < -0.4 is 5.32 Å². The monoisotopic (exact) mass is 214 g/mol. The van der Waals surface area contributed by atoms with Crippen LogP contribution in [0.25, 0.3) is 0 Å². The molecule has 0 aromatic heterocycles. The van der Waals surface area contributed by atoms with Crippen LogP contribution in [0.4, 0.5) is 0 Å². The van der Waals surface area contributed by atoms with Gasteiger partial charge < -0.3 is 10.4 Å². The van der Waals surface area contributed by atoms with Gasteiger partial charge in [-0.2, -0.15) is 0 Å². The van der Waals surface area contributed by atoms with Crippen LogP contribution in [-0.4, -0.2) is 47.8 Å². The molecule has 1 heterocycles. The quantitative estimate of drug-likeness (QED) is 0.350. The fourth-order valence-electron chi connectivity index (χ4n) is 1.46. The van der Waals surface area contributed by atoms with Crippen LogP contribution in [0.3, 0.4) is 0 Å². The molecule has 2 N–H and O–H groups in total. The normalized spacial score (nSPS) is 24.8. The van der Waals surface area contributed by atoms with Crippen molar-refractivity contribution in [2.45, 2.75) is 18.5 Å². The predicted octanol–water partition coefficient (Wildman–Crippen LogP) is -0.622. The minimum atomic E-state index is -0.910. The maximum atomic E-state index is 10.7. The lowest BCUT2D eigenvalue weighted by molar-refractivity contribution is -0.179. The Morgan fingerprint density at radius 1 is 1.73 bits per heavy atom. The van der Waals surface area contributed by atoms with Gasteiger partial charge in [0.15, 0.2) is 0 Å². The minimum absolute atomic E-state index is 0.229. The summed E-state index contributed by atoms with van der Waals surface area (Å²) in [6.07, 6.45) is 2.43. The van der Waals surface area contributed by atoms with Crippen LogP contribution in [0.2, 0.25) is 0 Å². The van der Waals surface area contributed by atoms with Crippen molar-refractivity contribution in [3.8, 4) is 0 Å². The van der Waals surface area contributed by atoms with E-state index in [1.165, 1.54) is 6.08 Å². The van der Waals surface area contributed by atoms with Gasteiger partial charge in [0.25, 0.3) is 0 Å². The van der Waals surface area contributed by atoms with E-state index >= 15 is 0 Å². The Labute approximate surface area is 87.5 Å². The van der Waals surface area contributed by atoms with Gasteiger partial charge in [-0.05, 0) is 6.42 Å². The number of carbonyl (C=O) groups is 2. The summed E-state index contributed by atoms with van der Waals surface area (Å²) in [7, 11) is 0. The number of hydrogen-bond acceptors (Lipinski definition) is 4. The summed E-state index contributed by atoms with van der Waals surface area (Å²) in [5.74, 6) is -0.910. The van der Waals surface area contributed by atoms with Crippen molar-refractivity contribution in [3.05, 3.63) is 12.7 Å². The lowest BCUT2D eigenvalue weighted by Gasteiger charge is -2.21. The zero-order chi connectivity index (χ0) is 11.3. The number of carbonyl (C=O) groups excluding carboxylic acids is 1. The van der Waals surface area contributed by atoms with E-state index in [0.717, 1.165) is 5.06 Å². The summed E-state index contributed by atoms with van der Waals surface area (Å²) in [6, 6.07) is -0.840. The van der Waals surface area contributed by atoms with E-state index in [-0.39, 0.29) is 12.6 Å². The fourth-order valence-corrected chi connectivity index (χ4v) is 1.46. The molecule has 0 bridgehead atoms. The number of carboxylic acids is 1. The van der Waals surface area contributed by atoms with Gasteiger partial charge in [0.1, 0.15) is 6.04 Å². The minimum Gasteiger partial charge on any atom is -0.480 e. The van der Waals surface area contributed by atoms with Gasteiger partial charge >= 0.3 is 5.97 Å². The molecule has 0 unspecified atom stereocenters. The molecule has 1 aliphatic rings. The highest BCUT2D eigenvalue weighted by atomic mass is 16.7. The maximum Gasteiger partial charge on any atom is 0.320 e. The van der Waals surface area contributed by atoms with Crippen LogP contribution >= 0.6 is 0 Å². The van der Waals surface area contributed by atoms with E-state index in [1.54, 1.807) is 0 Å². The Kier molecular flexibility index (Phi) is 4.26. The van der Waals surface area contributed by atoms with Crippen molar-refractivity contribution >= 4 is 12.4 Å². The molecule has 0 spiro atoms. The van der Waals surface area contributed by atoms with E-state index < -0.39 is 12.0 Å². The first-order valence-electron chi connectivity index (χ1n) is 4.62. The number of carboxylic acid groups (broad SMARTS) is 1. The van der Waals surface area contributed by atoms with Crippen molar-refractivity contribution in [3.63, 3.8) is 0 Å². The number of aliphatic carboxylic acids is 1. The highest BCUT2D eigenvalue weighted by Crippen LogP contribution is 2.12. The highest BCUT2D eigenvalue weighted by molar-refractivity contribution is 5.74. The first kappa shape index (κ1) is 11.7. The summed E-state index contributed by atoms with van der Waals surface area (Å²) in [5.41, 5.74) is 0. The highest BCUT2D eigenvalue weighted by Gasteiger charge is 2.32. The molecule has 6 nitrogen and oxygen atoms in total. The summed E-state index contributed by atoms with van der Waals surface area (Å²) in [5, 5.41) is 12.7. The Bertz CT molecular complexity index is 256. The smallest absolute Gasteiger partial charge is 0.320 e. The predicted molar refractivity (Wildman–Crippen MR) is 51.9 cm³/mol. The SMILES string of the molecule is C=CCON(C=O)[C@@H]1CN[C@H](C(=O)O)C1. The lowest BCUT2D eigenvalue weighted by Crippen LogP contribution is -2.35. The van der Waals surface area contributed by atoms with Crippen molar-refractivity contribution in [1.82, 2.24) is 10.4 Å². The largest absolute Gasteiger partial charge is 0.480 e. The molecule has 1 fully saturated rings. The molecule has 2 atom stereocenters. The Balaban J connectivity index is 2.45. The molecule has 84 valence electrons. The number of hydrogen-bond donors (Lipinski definition) is 2. The third-order valence-corrected chi connectivity index (χ3v) is 2.21. The topological polar surface area (TPSA) is 78.9 Å². The van der Waals surface area contributed by atoms with Crippen molar-refractivity contribution < 1.29 is 19.5 Å². The number of nitrogens with zero attached hydrogens (tertiary/aromatic N) is 1. The number of hydroxylamine groups is 2. The average Bonchev–Trinajstić information content (AvgIpc) is 2.68. The van der Waals surface area contributed by atoms with Crippen LogP contribution in [0.5, 0.6) is 0 Å². The van der Waals surface area contributed by atoms with Gasteiger partial charge in [-0.3, -0.25) is 14.4 Å². The summed E-state index contributed by atoms with van der Waals surface area (Å²) < 4.78 is 0. The van der Waals surface area contributed by atoms with Crippen LogP contribution in [0.1, 0.15) is 6.42 Å². The van der Waals surface area contributed by atoms with Gasteiger partial charge in [-0.25, -0.2) is 5.06 Å². The standard InChI is InChI=1S/C9H14N2O4/c1-2-3-15-11(6-12)7-4-8(9(13)14)10-5-7/h2,6-8,10H,1,3-5H2,(H,13,14)/t7-,8-/m0/s1. The third-order valence-electron chi connectivity index (χ3n) is 2.21. The molecule has 0 aliphatic carbocycles. The van der Waals surface area contributed by atoms with Crippen molar-refractivity contribution in [2.24, 2.45) is 0 Å². The van der Waals surface area contributed by atoms with E-state index in [2.05, 4.69) is 11.9 Å². The molecule has 0 radical (unpaired) electrons. The van der Waals surface area contributed by atoms with Gasteiger partial charge in [0.05, 0.1) is 12.6 Å². The molecule has 0 saturated carbocycles. The van der Waals surface area contributed by atoms with Crippen LogP contribution in [-0.2, 0) is 14.4 Å². The van der Waals surface area contributed by atoms with Gasteiger partial charge in [0.2, 0.25) is 6.41 Å². The molecule has 15 heavy (non-hydrogen) atoms. The Morgan fingerprint density at radius 2 is 2.47 bits per heavy atom. The summed E-state index contributed by atoms with van der Waals surface area (Å²) in [4.78, 5) is 26.4. The number of rotatable bonds is 6. The van der Waals surface area contributed by atoms with Gasteiger partial charge in [0, 0.05) is 6.54 Å². The Hall–Kier alpha value is -1.40. The van der Waals surface area contributed by atoms with Crippen LogP contribution in [0.15, 0.2) is 12.7 Å². The molecule has 0 aromatic rings. The number of nitrogens with one attached hydrogen (secondary N) is 1. The first-order chi connectivity index (χ1) is 7.19. The van der Waals surface area contributed by atoms with Crippen molar-refractivity contribution in [1.29, 1.82) is 0 Å². The fraction of sp³-hybridized carbons (Fsp3) is 0.556. The molecule has 0 aromatic carbocycles. The molecular weight excluding hydrogens is 200 g/mol. The maximum absolute atomic E-state index is 10.7. The zero-order valence-corrected chi connectivity index (χ0v) is 8.26. The second kappa shape index (κ2) is 5.47. The summed E-state index contributed by atoms with van der Waals surface area (Å²) >= 11 is 0. The molecule has 1 amide bonds. The number of amides is 1. The average molecular weight is 214 g/mol. The van der Waals surface area contributed by atoms with E-state index in [1.807, 2.05) is 0 Å². The van der Waals surface area contributed by atoms with Crippen LogP contribution in [0, 0.1) is 0 Å². The Morgan fingerprint density at radius 3 is 2.93 bits per heavy atom. The van der Waals surface area contributed by atoms with Gasteiger partial charge in [-0.1, -0.05) is 6.08 Å². The molecule has 1 saturated heterocycles. The van der Waals surface area contributed by atoms with E-state index in [4.69, 9.17) is 9.94 Å². The second-order valence-electron chi connectivity index (χ2n) is 3.24.